The third kappa shape index (κ3) is 7.01. The molecule has 2 aromatic rings. The van der Waals surface area contributed by atoms with Gasteiger partial charge in [-0.15, -0.1) is 0 Å². The van der Waals surface area contributed by atoms with Crippen molar-refractivity contribution in [1.29, 1.82) is 0 Å². The molecule has 4 nitrogen and oxygen atoms in total. The van der Waals surface area contributed by atoms with Gasteiger partial charge >= 0.3 is 6.18 Å². The number of carbonyl (C=O) groups excluding carboxylic acids is 1. The van der Waals surface area contributed by atoms with Gasteiger partial charge in [0.2, 0.25) is 5.91 Å². The van der Waals surface area contributed by atoms with Gasteiger partial charge in [0.25, 0.3) is 0 Å². The number of hydrogen-bond donors (Lipinski definition) is 1. The lowest BCUT2D eigenvalue weighted by atomic mass is 10.00. The fraction of sp³-hybridized carbons (Fsp3) is 0.458. The summed E-state index contributed by atoms with van der Waals surface area (Å²) in [6.45, 7) is 2.72. The zero-order valence-corrected chi connectivity index (χ0v) is 20.0. The topological polar surface area (TPSA) is 49.6 Å². The average Bonchev–Trinajstić information content (AvgIpc) is 2.89. The third-order valence-electron chi connectivity index (χ3n) is 5.99. The number of amides is 1. The van der Waals surface area contributed by atoms with Gasteiger partial charge in [-0.2, -0.15) is 13.2 Å². The van der Waals surface area contributed by atoms with Crippen LogP contribution < -0.4 is 5.73 Å². The highest BCUT2D eigenvalue weighted by Crippen LogP contribution is 2.32. The molecule has 1 heterocycles. The molecule has 0 radical (unpaired) electrons. The van der Waals surface area contributed by atoms with Crippen LogP contribution in [0, 0.1) is 0 Å². The summed E-state index contributed by atoms with van der Waals surface area (Å²) in [6.07, 6.45) is -1.24. The molecule has 180 valence electrons. The molecule has 0 spiro atoms. The number of anilines is 1. The minimum Gasteiger partial charge on any atom is -0.396 e. The van der Waals surface area contributed by atoms with Crippen molar-refractivity contribution in [1.82, 2.24) is 9.80 Å². The molecule has 9 heteroatoms. The Balaban J connectivity index is 1.43. The van der Waals surface area contributed by atoms with Gasteiger partial charge < -0.3 is 15.5 Å². The van der Waals surface area contributed by atoms with E-state index in [1.54, 1.807) is 4.90 Å². The fourth-order valence-corrected chi connectivity index (χ4v) is 4.61. The number of hydrogen-bond acceptors (Lipinski definition) is 3. The van der Waals surface area contributed by atoms with Crippen molar-refractivity contribution in [3.8, 4) is 0 Å². The molecule has 0 saturated carbocycles. The Morgan fingerprint density at radius 1 is 1.06 bits per heavy atom. The van der Waals surface area contributed by atoms with Crippen LogP contribution in [0.1, 0.15) is 35.1 Å². The largest absolute Gasteiger partial charge is 0.416 e. The lowest BCUT2D eigenvalue weighted by molar-refractivity contribution is -0.137. The van der Waals surface area contributed by atoms with Gasteiger partial charge in [-0.05, 0) is 86.8 Å². The van der Waals surface area contributed by atoms with E-state index in [1.165, 1.54) is 12.1 Å². The molecule has 0 aliphatic carbocycles. The molecule has 0 fully saturated rings. The average molecular weight is 502 g/mol. The van der Waals surface area contributed by atoms with Gasteiger partial charge in [0, 0.05) is 13.1 Å². The van der Waals surface area contributed by atoms with E-state index in [-0.39, 0.29) is 12.3 Å². The summed E-state index contributed by atoms with van der Waals surface area (Å²) in [5, 5.41) is 0.925. The maximum Gasteiger partial charge on any atom is 0.416 e. The van der Waals surface area contributed by atoms with Crippen molar-refractivity contribution >= 4 is 34.8 Å². The Hall–Kier alpha value is -1.96. The van der Waals surface area contributed by atoms with Crippen LogP contribution in [0.25, 0.3) is 0 Å². The minimum absolute atomic E-state index is 0.0340. The molecule has 1 amide bonds. The number of halogens is 5. The van der Waals surface area contributed by atoms with Crippen LogP contribution in [0.5, 0.6) is 0 Å². The van der Waals surface area contributed by atoms with E-state index in [9.17, 15) is 18.0 Å². The molecule has 0 saturated heterocycles. The molecule has 1 aliphatic rings. The lowest BCUT2D eigenvalue weighted by Crippen LogP contribution is -2.35. The summed E-state index contributed by atoms with van der Waals surface area (Å²) in [5.74, 6) is -0.0340. The van der Waals surface area contributed by atoms with Gasteiger partial charge in [0.1, 0.15) is 0 Å². The zero-order valence-electron chi connectivity index (χ0n) is 18.5. The van der Waals surface area contributed by atoms with Crippen LogP contribution in [0.15, 0.2) is 30.3 Å². The summed E-state index contributed by atoms with van der Waals surface area (Å²) < 4.78 is 39.0. The van der Waals surface area contributed by atoms with E-state index in [1.807, 2.05) is 19.2 Å². The predicted molar refractivity (Wildman–Crippen MR) is 127 cm³/mol. The molecular weight excluding hydrogens is 474 g/mol. The molecule has 1 aliphatic heterocycles. The van der Waals surface area contributed by atoms with Crippen LogP contribution in [0.2, 0.25) is 10.0 Å². The van der Waals surface area contributed by atoms with E-state index in [4.69, 9.17) is 28.9 Å². The molecule has 0 bridgehead atoms. The first-order valence-corrected chi connectivity index (χ1v) is 11.7. The van der Waals surface area contributed by atoms with Crippen LogP contribution in [0.3, 0.4) is 0 Å². The summed E-state index contributed by atoms with van der Waals surface area (Å²) in [5.41, 5.74) is 7.84. The monoisotopic (exact) mass is 501 g/mol. The van der Waals surface area contributed by atoms with E-state index in [0.717, 1.165) is 44.0 Å². The molecule has 2 aromatic carbocycles. The second-order valence-corrected chi connectivity index (χ2v) is 9.34. The van der Waals surface area contributed by atoms with Crippen molar-refractivity contribution < 1.29 is 18.0 Å². The Bertz CT molecular complexity index is 974. The fourth-order valence-electron chi connectivity index (χ4n) is 4.08. The number of nitrogens with two attached hydrogens (primary N) is 1. The van der Waals surface area contributed by atoms with Gasteiger partial charge in [-0.1, -0.05) is 29.3 Å². The Morgan fingerprint density at radius 2 is 1.73 bits per heavy atom. The van der Waals surface area contributed by atoms with E-state index < -0.39 is 11.7 Å². The first-order valence-electron chi connectivity index (χ1n) is 10.9. The SMILES string of the molecule is CN(CCCc1cc(Cl)c(N)c(Cl)c1)CCCN1CCc2cc(C(F)(F)F)ccc2CC1=O. The van der Waals surface area contributed by atoms with E-state index in [0.29, 0.717) is 46.4 Å². The van der Waals surface area contributed by atoms with Crippen LogP contribution in [0.4, 0.5) is 18.9 Å². The summed E-state index contributed by atoms with van der Waals surface area (Å²) >= 11 is 12.2. The highest BCUT2D eigenvalue weighted by atomic mass is 35.5. The summed E-state index contributed by atoms with van der Waals surface area (Å²) in [7, 11) is 2.03. The second kappa shape index (κ2) is 11.0. The Morgan fingerprint density at radius 3 is 2.39 bits per heavy atom. The molecule has 0 aromatic heterocycles. The molecule has 2 N–H and O–H groups in total. The Labute approximate surface area is 202 Å². The maximum absolute atomic E-state index is 13.0. The lowest BCUT2D eigenvalue weighted by Gasteiger charge is -2.23. The van der Waals surface area contributed by atoms with Crippen molar-refractivity contribution in [2.75, 3.05) is 39.0 Å². The normalized spacial score (nSPS) is 14.5. The molecule has 0 atom stereocenters. The number of nitrogens with zero attached hydrogens (tertiary/aromatic N) is 2. The summed E-state index contributed by atoms with van der Waals surface area (Å²) in [4.78, 5) is 16.6. The van der Waals surface area contributed by atoms with Crippen molar-refractivity contribution in [2.24, 2.45) is 0 Å². The summed E-state index contributed by atoms with van der Waals surface area (Å²) in [6, 6.07) is 7.35. The van der Waals surface area contributed by atoms with Crippen molar-refractivity contribution in [3.05, 3.63) is 62.6 Å². The van der Waals surface area contributed by atoms with Gasteiger partial charge in [-0.25, -0.2) is 0 Å². The molecular formula is C24H28Cl2F3N3O. The number of aryl methyl sites for hydroxylation is 1. The standard InChI is InChI=1S/C24H28Cl2F3N3O/c1-31(8-2-4-16-12-20(25)23(30)21(26)13-16)9-3-10-32-11-7-18-14-19(24(27,28)29)6-5-17(18)15-22(32)33/h5-6,12-14H,2-4,7-11,15,30H2,1H3. The number of carbonyl (C=O) groups is 1. The molecule has 3 rings (SSSR count). The van der Waals surface area contributed by atoms with E-state index >= 15 is 0 Å². The predicted octanol–water partition coefficient (Wildman–Crippen LogP) is 5.48. The number of alkyl halides is 3. The van der Waals surface area contributed by atoms with Crippen LogP contribution in [-0.4, -0.2) is 48.9 Å². The Kier molecular flexibility index (Phi) is 8.54. The number of rotatable bonds is 8. The van der Waals surface area contributed by atoms with Crippen molar-refractivity contribution in [2.45, 2.75) is 38.3 Å². The van der Waals surface area contributed by atoms with E-state index in [2.05, 4.69) is 4.90 Å². The van der Waals surface area contributed by atoms with Crippen LogP contribution in [-0.2, 0) is 30.2 Å². The molecule has 33 heavy (non-hydrogen) atoms. The van der Waals surface area contributed by atoms with Gasteiger partial charge in [-0.3, -0.25) is 4.79 Å². The second-order valence-electron chi connectivity index (χ2n) is 8.52. The van der Waals surface area contributed by atoms with Crippen LogP contribution >= 0.6 is 23.2 Å². The number of benzene rings is 2. The minimum atomic E-state index is -4.37. The zero-order chi connectivity index (χ0) is 24.2. The highest BCUT2D eigenvalue weighted by molar-refractivity contribution is 6.38. The number of fused-ring (bicyclic) bond motifs is 1. The smallest absolute Gasteiger partial charge is 0.396 e. The maximum atomic E-state index is 13.0. The number of nitrogen functional groups attached to an aromatic ring is 1. The highest BCUT2D eigenvalue weighted by Gasteiger charge is 2.31. The van der Waals surface area contributed by atoms with Gasteiger partial charge in [0.05, 0.1) is 27.7 Å². The third-order valence-corrected chi connectivity index (χ3v) is 6.62. The first kappa shape index (κ1) is 25.7. The van der Waals surface area contributed by atoms with Crippen molar-refractivity contribution in [3.63, 3.8) is 0 Å². The quantitative estimate of drug-likeness (QED) is 0.487. The van der Waals surface area contributed by atoms with Gasteiger partial charge in [0.15, 0.2) is 0 Å². The molecule has 0 unspecified atom stereocenters. The first-order chi connectivity index (χ1) is 15.5.